The normalized spacial score (nSPS) is 10.0. The zero-order valence-electron chi connectivity index (χ0n) is 9.77. The minimum absolute atomic E-state index is 0.0197. The molecule has 92 valence electrons. The van der Waals surface area contributed by atoms with Crippen molar-refractivity contribution in [3.63, 3.8) is 0 Å². The Bertz CT molecular complexity index is 462. The van der Waals surface area contributed by atoms with Crippen LogP contribution in [0, 0.1) is 0 Å². The van der Waals surface area contributed by atoms with Crippen molar-refractivity contribution in [3.05, 3.63) is 29.9 Å². The molecule has 0 atom stereocenters. The van der Waals surface area contributed by atoms with Crippen molar-refractivity contribution < 1.29 is 19.4 Å². The van der Waals surface area contributed by atoms with E-state index in [0.29, 0.717) is 17.8 Å². The van der Waals surface area contributed by atoms with Crippen molar-refractivity contribution in [2.45, 2.75) is 13.3 Å². The van der Waals surface area contributed by atoms with Gasteiger partial charge in [0.05, 0.1) is 6.61 Å². The molecule has 1 aromatic heterocycles. The van der Waals surface area contributed by atoms with E-state index in [-0.39, 0.29) is 12.3 Å². The second-order valence-corrected chi connectivity index (χ2v) is 3.62. The Labute approximate surface area is 98.5 Å². The van der Waals surface area contributed by atoms with Gasteiger partial charge in [-0.05, 0) is 6.92 Å². The Morgan fingerprint density at radius 2 is 2.24 bits per heavy atom. The molecule has 17 heavy (non-hydrogen) atoms. The maximum atomic E-state index is 11.1. The highest BCUT2D eigenvalue weighted by atomic mass is 16.5. The van der Waals surface area contributed by atoms with Crippen LogP contribution in [0.25, 0.3) is 0 Å². The number of aromatic nitrogens is 2. The predicted octanol–water partition coefficient (Wildman–Crippen LogP) is 0.780. The van der Waals surface area contributed by atoms with E-state index < -0.39 is 11.9 Å². The Balaban J connectivity index is 2.55. The number of carboxylic acid groups (broad SMARTS) is 1. The summed E-state index contributed by atoms with van der Waals surface area (Å²) >= 11 is 0. The molecule has 0 amide bonds. The highest BCUT2D eigenvalue weighted by Gasteiger charge is 2.11. The molecule has 0 saturated heterocycles. The molecule has 1 aromatic rings. The lowest BCUT2D eigenvalue weighted by atomic mass is 10.3. The molecule has 0 spiro atoms. The monoisotopic (exact) mass is 238 g/mol. The van der Waals surface area contributed by atoms with E-state index in [1.807, 2.05) is 0 Å². The van der Waals surface area contributed by atoms with Crippen molar-refractivity contribution >= 4 is 11.9 Å². The van der Waals surface area contributed by atoms with Crippen LogP contribution in [0.4, 0.5) is 0 Å². The summed E-state index contributed by atoms with van der Waals surface area (Å²) < 4.78 is 6.49. The molecule has 0 saturated carbocycles. The van der Waals surface area contributed by atoms with E-state index in [4.69, 9.17) is 9.84 Å². The summed E-state index contributed by atoms with van der Waals surface area (Å²) in [7, 11) is 1.69. The maximum absolute atomic E-state index is 11.1. The lowest BCUT2D eigenvalue weighted by Gasteiger charge is -2.03. The van der Waals surface area contributed by atoms with Crippen molar-refractivity contribution in [2.24, 2.45) is 7.05 Å². The SMILES string of the molecule is C=C(C)C(=O)OCCc1nc(C(=O)O)cn1C. The smallest absolute Gasteiger partial charge is 0.356 e. The number of carbonyl (C=O) groups is 2. The van der Waals surface area contributed by atoms with Gasteiger partial charge in [0.15, 0.2) is 5.69 Å². The zero-order chi connectivity index (χ0) is 13.0. The lowest BCUT2D eigenvalue weighted by Crippen LogP contribution is -2.10. The van der Waals surface area contributed by atoms with Gasteiger partial charge in [0.25, 0.3) is 0 Å². The summed E-state index contributed by atoms with van der Waals surface area (Å²) in [5.74, 6) is -0.986. The lowest BCUT2D eigenvalue weighted by molar-refractivity contribution is -0.138. The minimum atomic E-state index is -1.08. The van der Waals surface area contributed by atoms with Gasteiger partial charge in [-0.1, -0.05) is 6.58 Å². The maximum Gasteiger partial charge on any atom is 0.356 e. The van der Waals surface area contributed by atoms with Crippen molar-refractivity contribution in [3.8, 4) is 0 Å². The van der Waals surface area contributed by atoms with E-state index in [0.717, 1.165) is 0 Å². The highest BCUT2D eigenvalue weighted by Crippen LogP contribution is 2.03. The first-order valence-corrected chi connectivity index (χ1v) is 5.00. The predicted molar refractivity (Wildman–Crippen MR) is 59.6 cm³/mol. The first kappa shape index (κ1) is 13.0. The quantitative estimate of drug-likeness (QED) is 0.605. The van der Waals surface area contributed by atoms with E-state index >= 15 is 0 Å². The van der Waals surface area contributed by atoms with Gasteiger partial charge in [0, 0.05) is 25.2 Å². The van der Waals surface area contributed by atoms with Crippen LogP contribution in [0.2, 0.25) is 0 Å². The van der Waals surface area contributed by atoms with Gasteiger partial charge in [-0.25, -0.2) is 14.6 Å². The molecule has 0 unspecified atom stereocenters. The van der Waals surface area contributed by atoms with Crippen molar-refractivity contribution in [1.82, 2.24) is 9.55 Å². The first-order chi connectivity index (χ1) is 7.91. The standard InChI is InChI=1S/C11H14N2O4/c1-7(2)11(16)17-5-4-9-12-8(10(14)15)6-13(9)3/h6H,1,4-5H2,2-3H3,(H,14,15). The van der Waals surface area contributed by atoms with Crippen LogP contribution in [0.3, 0.4) is 0 Å². The Hall–Kier alpha value is -2.11. The average molecular weight is 238 g/mol. The third kappa shape index (κ3) is 3.44. The van der Waals surface area contributed by atoms with Crippen LogP contribution in [-0.4, -0.2) is 33.2 Å². The summed E-state index contributed by atoms with van der Waals surface area (Å²) in [5.41, 5.74) is 0.310. The number of rotatable bonds is 5. The number of imidazole rings is 1. The summed E-state index contributed by atoms with van der Waals surface area (Å²) in [6.07, 6.45) is 1.78. The molecule has 1 N–H and O–H groups in total. The highest BCUT2D eigenvalue weighted by molar-refractivity contribution is 5.87. The van der Waals surface area contributed by atoms with Crippen molar-refractivity contribution in [2.75, 3.05) is 6.61 Å². The van der Waals surface area contributed by atoms with Crippen LogP contribution in [0.1, 0.15) is 23.2 Å². The van der Waals surface area contributed by atoms with Gasteiger partial charge in [-0.15, -0.1) is 0 Å². The summed E-state index contributed by atoms with van der Waals surface area (Å²) in [5, 5.41) is 8.74. The fourth-order valence-corrected chi connectivity index (χ4v) is 1.20. The van der Waals surface area contributed by atoms with Crippen LogP contribution in [-0.2, 0) is 23.0 Å². The number of hydrogen-bond acceptors (Lipinski definition) is 4. The molecule has 6 heteroatoms. The first-order valence-electron chi connectivity index (χ1n) is 5.00. The number of ether oxygens (including phenoxy) is 1. The van der Waals surface area contributed by atoms with Gasteiger partial charge in [-0.3, -0.25) is 0 Å². The molecular weight excluding hydrogens is 224 g/mol. The number of aromatic carboxylic acids is 1. The summed E-state index contributed by atoms with van der Waals surface area (Å²) in [6, 6.07) is 0. The summed E-state index contributed by atoms with van der Waals surface area (Å²) in [6.45, 7) is 5.16. The number of carboxylic acids is 1. The van der Waals surface area contributed by atoms with E-state index in [9.17, 15) is 9.59 Å². The second-order valence-electron chi connectivity index (χ2n) is 3.62. The fraction of sp³-hybridized carbons (Fsp3) is 0.364. The number of aryl methyl sites for hydroxylation is 1. The fourth-order valence-electron chi connectivity index (χ4n) is 1.20. The second kappa shape index (κ2) is 5.29. The minimum Gasteiger partial charge on any atom is -0.476 e. The van der Waals surface area contributed by atoms with Crippen LogP contribution in [0.5, 0.6) is 0 Å². The number of nitrogens with zero attached hydrogens (tertiary/aromatic N) is 2. The largest absolute Gasteiger partial charge is 0.476 e. The molecular formula is C11H14N2O4. The van der Waals surface area contributed by atoms with Gasteiger partial charge < -0.3 is 14.4 Å². The van der Waals surface area contributed by atoms with Gasteiger partial charge in [-0.2, -0.15) is 0 Å². The Kier molecular flexibility index (Phi) is 4.03. The van der Waals surface area contributed by atoms with Crippen LogP contribution in [0.15, 0.2) is 18.3 Å². The molecule has 0 fully saturated rings. The van der Waals surface area contributed by atoms with Crippen LogP contribution >= 0.6 is 0 Å². The van der Waals surface area contributed by atoms with E-state index in [1.54, 1.807) is 18.5 Å². The van der Waals surface area contributed by atoms with E-state index in [2.05, 4.69) is 11.6 Å². The Morgan fingerprint density at radius 3 is 2.71 bits per heavy atom. The molecule has 0 aliphatic heterocycles. The van der Waals surface area contributed by atoms with Crippen molar-refractivity contribution in [1.29, 1.82) is 0 Å². The Morgan fingerprint density at radius 1 is 1.59 bits per heavy atom. The molecule has 0 aromatic carbocycles. The summed E-state index contributed by atoms with van der Waals surface area (Å²) in [4.78, 5) is 25.7. The third-order valence-electron chi connectivity index (χ3n) is 2.10. The van der Waals surface area contributed by atoms with Gasteiger partial charge >= 0.3 is 11.9 Å². The third-order valence-corrected chi connectivity index (χ3v) is 2.10. The van der Waals surface area contributed by atoms with Gasteiger partial charge in [0.1, 0.15) is 5.82 Å². The van der Waals surface area contributed by atoms with E-state index in [1.165, 1.54) is 6.20 Å². The topological polar surface area (TPSA) is 81.4 Å². The molecule has 0 bridgehead atoms. The number of esters is 1. The van der Waals surface area contributed by atoms with Crippen LogP contribution < -0.4 is 0 Å². The number of carbonyl (C=O) groups excluding carboxylic acids is 1. The molecule has 6 nitrogen and oxygen atoms in total. The molecule has 1 rings (SSSR count). The number of hydrogen-bond donors (Lipinski definition) is 1. The molecule has 0 aliphatic rings. The zero-order valence-corrected chi connectivity index (χ0v) is 9.77. The van der Waals surface area contributed by atoms with Gasteiger partial charge in [0.2, 0.25) is 0 Å². The molecule has 0 aliphatic carbocycles. The molecule has 0 radical (unpaired) electrons. The molecule has 1 heterocycles. The average Bonchev–Trinajstić information content (AvgIpc) is 2.60.